The van der Waals surface area contributed by atoms with Crippen LogP contribution < -0.4 is 17.1 Å². The molecule has 2 rings (SSSR count). The van der Waals surface area contributed by atoms with E-state index < -0.39 is 11.7 Å². The summed E-state index contributed by atoms with van der Waals surface area (Å²) >= 11 is 0. The first-order chi connectivity index (χ1) is 9.82. The first kappa shape index (κ1) is 15.3. The molecule has 21 heavy (non-hydrogen) atoms. The summed E-state index contributed by atoms with van der Waals surface area (Å²) in [5.41, 5.74) is 12.8. The second-order valence-electron chi connectivity index (χ2n) is 5.71. The largest absolute Gasteiger partial charge is 0.422 e. The molecule has 5 nitrogen and oxygen atoms in total. The van der Waals surface area contributed by atoms with E-state index >= 15 is 0 Å². The number of fused-ring (bicyclic) bond motifs is 1. The molecule has 0 aliphatic heterocycles. The lowest BCUT2D eigenvalue weighted by Crippen LogP contribution is -2.32. The van der Waals surface area contributed by atoms with Crippen LogP contribution in [0.2, 0.25) is 0 Å². The Hall–Kier alpha value is -2.14. The zero-order valence-electron chi connectivity index (χ0n) is 12.5. The Morgan fingerprint density at radius 3 is 2.62 bits per heavy atom. The van der Waals surface area contributed by atoms with E-state index in [0.717, 1.165) is 0 Å². The van der Waals surface area contributed by atoms with Gasteiger partial charge in [-0.05, 0) is 25.3 Å². The van der Waals surface area contributed by atoms with Crippen molar-refractivity contribution >= 4 is 22.4 Å². The molecule has 0 saturated heterocycles. The van der Waals surface area contributed by atoms with Crippen molar-refractivity contribution in [2.45, 2.75) is 33.2 Å². The zero-order chi connectivity index (χ0) is 15.7. The van der Waals surface area contributed by atoms with Gasteiger partial charge in [0.05, 0.1) is 22.7 Å². The number of anilines is 1. The van der Waals surface area contributed by atoms with E-state index in [4.69, 9.17) is 15.9 Å². The highest BCUT2D eigenvalue weighted by atomic mass is 16.4. The van der Waals surface area contributed by atoms with Gasteiger partial charge >= 0.3 is 5.63 Å². The molecular formula is C16H20N2O3. The SMILES string of the molecule is Cc1c(N)c2c(C(=O)[C@@H](N)CC(C)C)cccc2oc1=O. The monoisotopic (exact) mass is 288 g/mol. The molecule has 0 radical (unpaired) electrons. The van der Waals surface area contributed by atoms with E-state index in [0.29, 0.717) is 34.4 Å². The summed E-state index contributed by atoms with van der Waals surface area (Å²) in [4.78, 5) is 24.2. The number of hydrogen-bond donors (Lipinski definition) is 2. The molecule has 0 amide bonds. The summed E-state index contributed by atoms with van der Waals surface area (Å²) in [5, 5.41) is 0.471. The third kappa shape index (κ3) is 2.83. The van der Waals surface area contributed by atoms with Gasteiger partial charge in [-0.2, -0.15) is 0 Å². The van der Waals surface area contributed by atoms with Crippen LogP contribution in [0.1, 0.15) is 36.2 Å². The van der Waals surface area contributed by atoms with Crippen molar-refractivity contribution in [1.82, 2.24) is 0 Å². The first-order valence-corrected chi connectivity index (χ1v) is 6.94. The Morgan fingerprint density at radius 2 is 2.00 bits per heavy atom. The van der Waals surface area contributed by atoms with E-state index in [-0.39, 0.29) is 11.5 Å². The number of ketones is 1. The van der Waals surface area contributed by atoms with Crippen LogP contribution in [0.25, 0.3) is 11.0 Å². The Labute approximate surface area is 122 Å². The first-order valence-electron chi connectivity index (χ1n) is 6.94. The van der Waals surface area contributed by atoms with Crippen LogP contribution in [-0.4, -0.2) is 11.8 Å². The number of nitrogens with two attached hydrogens (primary N) is 2. The van der Waals surface area contributed by atoms with Gasteiger partial charge < -0.3 is 15.9 Å². The third-order valence-electron chi connectivity index (χ3n) is 3.54. The number of carbonyl (C=O) groups excluding carboxylic acids is 1. The smallest absolute Gasteiger partial charge is 0.341 e. The molecule has 0 unspecified atom stereocenters. The molecular weight excluding hydrogens is 268 g/mol. The highest BCUT2D eigenvalue weighted by Crippen LogP contribution is 2.27. The lowest BCUT2D eigenvalue weighted by atomic mass is 9.94. The summed E-state index contributed by atoms with van der Waals surface area (Å²) in [6, 6.07) is 4.36. The van der Waals surface area contributed by atoms with Crippen molar-refractivity contribution < 1.29 is 9.21 Å². The fraction of sp³-hybridized carbons (Fsp3) is 0.375. The number of rotatable bonds is 4. The second-order valence-corrected chi connectivity index (χ2v) is 5.71. The molecule has 0 aliphatic carbocycles. The molecule has 0 saturated carbocycles. The van der Waals surface area contributed by atoms with Crippen molar-refractivity contribution in [3.8, 4) is 0 Å². The highest BCUT2D eigenvalue weighted by molar-refractivity contribution is 6.13. The maximum atomic E-state index is 12.5. The lowest BCUT2D eigenvalue weighted by molar-refractivity contribution is 0.0952. The van der Waals surface area contributed by atoms with E-state index in [2.05, 4.69) is 0 Å². The van der Waals surface area contributed by atoms with Gasteiger partial charge in [0.25, 0.3) is 0 Å². The third-order valence-corrected chi connectivity index (χ3v) is 3.54. The molecule has 1 aromatic heterocycles. The molecule has 2 aromatic rings. The Kier molecular flexibility index (Phi) is 4.14. The molecule has 5 heteroatoms. The molecule has 0 aliphatic rings. The van der Waals surface area contributed by atoms with Crippen LogP contribution >= 0.6 is 0 Å². The van der Waals surface area contributed by atoms with Gasteiger partial charge in [-0.25, -0.2) is 4.79 Å². The van der Waals surface area contributed by atoms with Crippen LogP contribution in [0.15, 0.2) is 27.4 Å². The average molecular weight is 288 g/mol. The summed E-state index contributed by atoms with van der Waals surface area (Å²) in [5.74, 6) is 0.130. The summed E-state index contributed by atoms with van der Waals surface area (Å²) in [6.45, 7) is 5.59. The molecule has 0 fully saturated rings. The summed E-state index contributed by atoms with van der Waals surface area (Å²) < 4.78 is 5.20. The Morgan fingerprint density at radius 1 is 1.33 bits per heavy atom. The van der Waals surface area contributed by atoms with Crippen LogP contribution in [0.4, 0.5) is 5.69 Å². The number of carbonyl (C=O) groups is 1. The number of benzene rings is 1. The molecule has 4 N–H and O–H groups in total. The predicted octanol–water partition coefficient (Wildman–Crippen LogP) is 2.24. The fourth-order valence-corrected chi connectivity index (χ4v) is 2.39. The van der Waals surface area contributed by atoms with Crippen LogP contribution in [-0.2, 0) is 0 Å². The van der Waals surface area contributed by atoms with Crippen LogP contribution in [0, 0.1) is 12.8 Å². The van der Waals surface area contributed by atoms with E-state index in [1.54, 1.807) is 25.1 Å². The average Bonchev–Trinajstić information content (AvgIpc) is 2.42. The van der Waals surface area contributed by atoms with Gasteiger partial charge in [-0.3, -0.25) is 4.79 Å². The van der Waals surface area contributed by atoms with Crippen molar-refractivity contribution in [3.63, 3.8) is 0 Å². The number of nitrogen functional groups attached to an aromatic ring is 1. The van der Waals surface area contributed by atoms with Gasteiger partial charge in [0.15, 0.2) is 5.78 Å². The number of Topliss-reactive ketones (excluding diaryl/α,β-unsaturated/α-hetero) is 1. The summed E-state index contributed by atoms with van der Waals surface area (Å²) in [6.07, 6.45) is 0.588. The Balaban J connectivity index is 2.62. The molecule has 112 valence electrons. The van der Waals surface area contributed by atoms with Gasteiger partial charge in [0, 0.05) is 5.56 Å². The summed E-state index contributed by atoms with van der Waals surface area (Å²) in [7, 11) is 0. The molecule has 0 spiro atoms. The van der Waals surface area contributed by atoms with Gasteiger partial charge in [-0.1, -0.05) is 26.0 Å². The van der Waals surface area contributed by atoms with E-state index in [1.165, 1.54) is 0 Å². The van der Waals surface area contributed by atoms with Crippen LogP contribution in [0.5, 0.6) is 0 Å². The standard InChI is InChI=1S/C16H20N2O3/c1-8(2)7-11(17)15(19)10-5-4-6-12-13(10)14(18)9(3)16(20)21-12/h4-6,8,11H,7,17-18H2,1-3H3/t11-/m0/s1. The lowest BCUT2D eigenvalue weighted by Gasteiger charge is -2.15. The highest BCUT2D eigenvalue weighted by Gasteiger charge is 2.22. The minimum Gasteiger partial charge on any atom is -0.422 e. The quantitative estimate of drug-likeness (QED) is 0.664. The maximum absolute atomic E-state index is 12.5. The normalized spacial score (nSPS) is 12.8. The predicted molar refractivity (Wildman–Crippen MR) is 83.4 cm³/mol. The molecule has 1 atom stereocenters. The molecule has 1 heterocycles. The molecule has 1 aromatic carbocycles. The van der Waals surface area contributed by atoms with Crippen molar-refractivity contribution in [2.75, 3.05) is 5.73 Å². The van der Waals surface area contributed by atoms with Gasteiger partial charge in [-0.15, -0.1) is 0 Å². The van der Waals surface area contributed by atoms with Gasteiger partial charge in [0.1, 0.15) is 5.58 Å². The van der Waals surface area contributed by atoms with Crippen LogP contribution in [0.3, 0.4) is 0 Å². The molecule has 0 bridgehead atoms. The Bertz CT molecular complexity index is 747. The minimum absolute atomic E-state index is 0.186. The second kappa shape index (κ2) is 5.69. The van der Waals surface area contributed by atoms with Gasteiger partial charge in [0.2, 0.25) is 0 Å². The minimum atomic E-state index is -0.595. The zero-order valence-corrected chi connectivity index (χ0v) is 12.5. The van der Waals surface area contributed by atoms with Crippen molar-refractivity contribution in [1.29, 1.82) is 0 Å². The van der Waals surface area contributed by atoms with Crippen molar-refractivity contribution in [3.05, 3.63) is 39.7 Å². The van der Waals surface area contributed by atoms with E-state index in [1.807, 2.05) is 13.8 Å². The topological polar surface area (TPSA) is 99.3 Å². The van der Waals surface area contributed by atoms with Crippen molar-refractivity contribution in [2.24, 2.45) is 11.7 Å². The number of hydrogen-bond acceptors (Lipinski definition) is 5. The van der Waals surface area contributed by atoms with E-state index in [9.17, 15) is 9.59 Å². The fourth-order valence-electron chi connectivity index (χ4n) is 2.39. The maximum Gasteiger partial charge on any atom is 0.341 e.